The van der Waals surface area contributed by atoms with Gasteiger partial charge in [0.2, 0.25) is 0 Å². The molecular formula is C18H26N2O5. The number of amides is 1. The van der Waals surface area contributed by atoms with Crippen LogP contribution in [0.1, 0.15) is 43.0 Å². The summed E-state index contributed by atoms with van der Waals surface area (Å²) in [6.45, 7) is 1.71. The number of anilines is 1. The number of rotatable bonds is 4. The van der Waals surface area contributed by atoms with E-state index in [-0.39, 0.29) is 17.8 Å². The fraction of sp³-hybridized carbons (Fsp3) is 0.500. The molecule has 7 heteroatoms. The zero-order valence-electron chi connectivity index (χ0n) is 14.7. The quantitative estimate of drug-likeness (QED) is 0.565. The lowest BCUT2D eigenvalue weighted by Gasteiger charge is -2.27. The molecule has 4 N–H and O–H groups in total. The van der Waals surface area contributed by atoms with Gasteiger partial charge in [0.1, 0.15) is 0 Å². The van der Waals surface area contributed by atoms with Crippen LogP contribution in [-0.4, -0.2) is 36.6 Å². The molecule has 7 nitrogen and oxygen atoms in total. The first kappa shape index (κ1) is 20.5. The molecule has 0 bridgehead atoms. The van der Waals surface area contributed by atoms with Crippen LogP contribution < -0.4 is 11.1 Å². The van der Waals surface area contributed by atoms with Gasteiger partial charge >= 0.3 is 5.97 Å². The van der Waals surface area contributed by atoms with Gasteiger partial charge in [-0.2, -0.15) is 0 Å². The van der Waals surface area contributed by atoms with Gasteiger partial charge < -0.3 is 20.9 Å². The van der Waals surface area contributed by atoms with E-state index in [0.29, 0.717) is 23.7 Å². The Hall–Kier alpha value is -2.57. The minimum Gasteiger partial charge on any atom is -0.481 e. The number of carboxylic acid groups (broad SMARTS) is 1. The number of nitrogen functional groups attached to an aromatic ring is 1. The molecule has 25 heavy (non-hydrogen) atoms. The first-order valence-corrected chi connectivity index (χ1v) is 8.25. The predicted octanol–water partition coefficient (Wildman–Crippen LogP) is 2.07. The molecule has 0 aliphatic heterocycles. The first-order chi connectivity index (χ1) is 11.8. The van der Waals surface area contributed by atoms with Gasteiger partial charge in [-0.3, -0.25) is 14.4 Å². The lowest BCUT2D eigenvalue weighted by atomic mass is 9.82. The van der Waals surface area contributed by atoms with E-state index in [4.69, 9.17) is 20.4 Å². The van der Waals surface area contributed by atoms with Crippen LogP contribution in [0.5, 0.6) is 0 Å². The molecule has 0 heterocycles. The molecule has 138 valence electrons. The van der Waals surface area contributed by atoms with Crippen LogP contribution in [0.2, 0.25) is 0 Å². The maximum absolute atomic E-state index is 12.1. The van der Waals surface area contributed by atoms with E-state index < -0.39 is 5.97 Å². The van der Waals surface area contributed by atoms with E-state index in [0.717, 1.165) is 32.6 Å². The third-order valence-electron chi connectivity index (χ3n) is 4.14. The molecule has 0 saturated heterocycles. The van der Waals surface area contributed by atoms with Crippen LogP contribution in [0.15, 0.2) is 24.3 Å². The fourth-order valence-electron chi connectivity index (χ4n) is 2.80. The summed E-state index contributed by atoms with van der Waals surface area (Å²) in [7, 11) is 1.43. The zero-order valence-corrected chi connectivity index (χ0v) is 14.7. The number of carbonyl (C=O) groups is 3. The summed E-state index contributed by atoms with van der Waals surface area (Å²) in [5.41, 5.74) is 6.79. The average Bonchev–Trinajstić information content (AvgIpc) is 2.59. The van der Waals surface area contributed by atoms with Crippen molar-refractivity contribution in [3.63, 3.8) is 0 Å². The highest BCUT2D eigenvalue weighted by atomic mass is 16.5. The number of esters is 1. The highest BCUT2D eigenvalue weighted by Crippen LogP contribution is 2.29. The Bertz CT molecular complexity index is 591. The summed E-state index contributed by atoms with van der Waals surface area (Å²) in [5, 5.41) is 10.3. The van der Waals surface area contributed by atoms with Gasteiger partial charge in [-0.1, -0.05) is 12.1 Å². The molecule has 1 aromatic carbocycles. The highest BCUT2D eigenvalue weighted by molar-refractivity contribution is 5.99. The van der Waals surface area contributed by atoms with Crippen LogP contribution >= 0.6 is 0 Å². The van der Waals surface area contributed by atoms with Gasteiger partial charge in [0, 0.05) is 19.2 Å². The molecule has 0 radical (unpaired) electrons. The van der Waals surface area contributed by atoms with Crippen molar-refractivity contribution in [3.8, 4) is 0 Å². The van der Waals surface area contributed by atoms with Gasteiger partial charge in [-0.25, -0.2) is 0 Å². The molecule has 0 unspecified atom stereocenters. The van der Waals surface area contributed by atoms with Crippen LogP contribution in [0, 0.1) is 11.8 Å². The van der Waals surface area contributed by atoms with E-state index >= 15 is 0 Å². The van der Waals surface area contributed by atoms with Crippen molar-refractivity contribution < 1.29 is 24.2 Å². The largest absolute Gasteiger partial charge is 0.481 e. The molecule has 1 aromatic rings. The molecular weight excluding hydrogens is 324 g/mol. The maximum Gasteiger partial charge on any atom is 0.308 e. The normalized spacial score (nSPS) is 19.1. The maximum atomic E-state index is 12.1. The molecule has 1 amide bonds. The number of ether oxygens (including phenoxy) is 1. The number of methoxy groups -OCH3 is 1. The van der Waals surface area contributed by atoms with E-state index in [9.17, 15) is 9.59 Å². The molecule has 2 rings (SSSR count). The number of hydrogen-bond donors (Lipinski definition) is 3. The fourth-order valence-corrected chi connectivity index (χ4v) is 2.80. The zero-order chi connectivity index (χ0) is 18.8. The smallest absolute Gasteiger partial charge is 0.308 e. The molecule has 0 aromatic heterocycles. The Morgan fingerprint density at radius 2 is 1.76 bits per heavy atom. The summed E-state index contributed by atoms with van der Waals surface area (Å²) in [5.74, 6) is -0.649. The monoisotopic (exact) mass is 350 g/mol. The number of carboxylic acids is 1. The van der Waals surface area contributed by atoms with Crippen molar-refractivity contribution in [2.24, 2.45) is 11.8 Å². The summed E-state index contributed by atoms with van der Waals surface area (Å²) in [4.78, 5) is 32.5. The summed E-state index contributed by atoms with van der Waals surface area (Å²) in [6.07, 6.45) is 3.54. The van der Waals surface area contributed by atoms with Crippen LogP contribution in [0.25, 0.3) is 0 Å². The SMILES string of the molecule is CC(=O)O.COC(=O)[C@H]1CC[C@H](CNC(=O)c2ccccc2N)CC1. The number of nitrogens with two attached hydrogens (primary N) is 1. The van der Waals surface area contributed by atoms with Gasteiger partial charge in [0.15, 0.2) is 0 Å². The van der Waals surface area contributed by atoms with Crippen LogP contribution in [0.4, 0.5) is 5.69 Å². The van der Waals surface area contributed by atoms with Crippen molar-refractivity contribution in [1.82, 2.24) is 5.32 Å². The number of para-hydroxylation sites is 1. The molecule has 0 spiro atoms. The third-order valence-corrected chi connectivity index (χ3v) is 4.14. The number of nitrogens with one attached hydrogen (secondary N) is 1. The van der Waals surface area contributed by atoms with Gasteiger partial charge in [0.25, 0.3) is 11.9 Å². The van der Waals surface area contributed by atoms with Crippen LogP contribution in [-0.2, 0) is 14.3 Å². The highest BCUT2D eigenvalue weighted by Gasteiger charge is 2.27. The predicted molar refractivity (Wildman–Crippen MR) is 94.0 cm³/mol. The van der Waals surface area contributed by atoms with Crippen molar-refractivity contribution in [3.05, 3.63) is 29.8 Å². The second kappa shape index (κ2) is 10.3. The first-order valence-electron chi connectivity index (χ1n) is 8.25. The Balaban J connectivity index is 0.000000705. The standard InChI is InChI=1S/C16H22N2O3.C2H4O2/c1-21-16(20)12-8-6-11(7-9-12)10-18-15(19)13-4-2-3-5-14(13)17;1-2(3)4/h2-5,11-12H,6-10,17H2,1H3,(H,18,19);1H3,(H,3,4)/t11-,12-;. The van der Waals surface area contributed by atoms with E-state index in [1.807, 2.05) is 0 Å². The minimum atomic E-state index is -0.833. The summed E-state index contributed by atoms with van der Waals surface area (Å²) >= 11 is 0. The minimum absolute atomic E-state index is 0.0201. The lowest BCUT2D eigenvalue weighted by molar-refractivity contribution is -0.146. The van der Waals surface area contributed by atoms with Crippen molar-refractivity contribution in [2.45, 2.75) is 32.6 Å². The number of aliphatic carboxylic acids is 1. The number of carbonyl (C=O) groups excluding carboxylic acids is 2. The number of hydrogen-bond acceptors (Lipinski definition) is 5. The Morgan fingerprint density at radius 3 is 2.28 bits per heavy atom. The molecule has 1 aliphatic carbocycles. The van der Waals surface area contributed by atoms with E-state index in [1.165, 1.54) is 7.11 Å². The second-order valence-corrected chi connectivity index (χ2v) is 6.06. The summed E-state index contributed by atoms with van der Waals surface area (Å²) in [6, 6.07) is 7.04. The summed E-state index contributed by atoms with van der Waals surface area (Å²) < 4.78 is 4.77. The van der Waals surface area contributed by atoms with Crippen molar-refractivity contribution in [2.75, 3.05) is 19.4 Å². The Labute approximate surface area is 147 Å². The Kier molecular flexibility index (Phi) is 8.46. The van der Waals surface area contributed by atoms with E-state index in [1.54, 1.807) is 24.3 Å². The van der Waals surface area contributed by atoms with Crippen molar-refractivity contribution >= 4 is 23.5 Å². The third kappa shape index (κ3) is 7.24. The van der Waals surface area contributed by atoms with Gasteiger partial charge in [-0.15, -0.1) is 0 Å². The van der Waals surface area contributed by atoms with Crippen molar-refractivity contribution in [1.29, 1.82) is 0 Å². The lowest BCUT2D eigenvalue weighted by Crippen LogP contribution is -2.33. The average molecular weight is 350 g/mol. The molecule has 1 saturated carbocycles. The topological polar surface area (TPSA) is 119 Å². The van der Waals surface area contributed by atoms with Gasteiger partial charge in [0.05, 0.1) is 18.6 Å². The molecule has 1 fully saturated rings. The second-order valence-electron chi connectivity index (χ2n) is 6.06. The Morgan fingerprint density at radius 1 is 1.20 bits per heavy atom. The van der Waals surface area contributed by atoms with Gasteiger partial charge in [-0.05, 0) is 43.7 Å². The molecule has 0 atom stereocenters. The van der Waals surface area contributed by atoms with E-state index in [2.05, 4.69) is 5.32 Å². The number of benzene rings is 1. The molecule has 1 aliphatic rings. The van der Waals surface area contributed by atoms with Crippen LogP contribution in [0.3, 0.4) is 0 Å².